The van der Waals surface area contributed by atoms with Gasteiger partial charge in [-0.2, -0.15) is 0 Å². The van der Waals surface area contributed by atoms with Crippen molar-refractivity contribution in [2.75, 3.05) is 13.7 Å². The molecule has 0 saturated heterocycles. The predicted octanol–water partition coefficient (Wildman–Crippen LogP) is 2.63. The second-order valence-electron chi connectivity index (χ2n) is 3.61. The van der Waals surface area contributed by atoms with Gasteiger partial charge in [0.2, 0.25) is 5.91 Å². The highest BCUT2D eigenvalue weighted by molar-refractivity contribution is 9.10. The molecule has 3 nitrogen and oxygen atoms in total. The van der Waals surface area contributed by atoms with E-state index in [9.17, 15) is 9.18 Å². The van der Waals surface area contributed by atoms with E-state index in [4.69, 9.17) is 4.74 Å². The number of hydrogen-bond acceptors (Lipinski definition) is 2. The van der Waals surface area contributed by atoms with Crippen LogP contribution in [0.25, 0.3) is 0 Å². The second-order valence-corrected chi connectivity index (χ2v) is 4.52. The van der Waals surface area contributed by atoms with Crippen molar-refractivity contribution in [1.29, 1.82) is 0 Å². The van der Waals surface area contributed by atoms with Crippen molar-refractivity contribution in [3.8, 4) is 0 Å². The summed E-state index contributed by atoms with van der Waals surface area (Å²) in [7, 11) is 1.59. The smallest absolute Gasteiger partial charge is 0.220 e. The number of halogens is 2. The van der Waals surface area contributed by atoms with Gasteiger partial charge in [-0.1, -0.05) is 15.9 Å². The fourth-order valence-corrected chi connectivity index (χ4v) is 1.75. The van der Waals surface area contributed by atoms with Gasteiger partial charge in [0.1, 0.15) is 5.82 Å². The van der Waals surface area contributed by atoms with Gasteiger partial charge in [-0.3, -0.25) is 4.79 Å². The number of ether oxygens (including phenoxy) is 1. The summed E-state index contributed by atoms with van der Waals surface area (Å²) in [5.41, 5.74) is 0.472. The maximum absolute atomic E-state index is 13.3. The SMILES string of the molecule is COCCCC(=O)NCc1cc(Br)ccc1F. The van der Waals surface area contributed by atoms with Crippen LogP contribution in [0.2, 0.25) is 0 Å². The highest BCUT2D eigenvalue weighted by atomic mass is 79.9. The molecule has 0 bridgehead atoms. The Hall–Kier alpha value is -0.940. The van der Waals surface area contributed by atoms with E-state index in [1.807, 2.05) is 0 Å². The molecule has 0 atom stereocenters. The number of benzene rings is 1. The van der Waals surface area contributed by atoms with E-state index >= 15 is 0 Å². The molecular formula is C12H15BrFNO2. The highest BCUT2D eigenvalue weighted by Crippen LogP contribution is 2.15. The molecule has 0 fully saturated rings. The average molecular weight is 304 g/mol. The molecule has 0 radical (unpaired) electrons. The Morgan fingerprint density at radius 1 is 1.53 bits per heavy atom. The molecule has 0 aromatic heterocycles. The summed E-state index contributed by atoms with van der Waals surface area (Å²) in [6, 6.07) is 4.65. The van der Waals surface area contributed by atoms with Gasteiger partial charge in [-0.15, -0.1) is 0 Å². The Labute approximate surface area is 108 Å². The lowest BCUT2D eigenvalue weighted by Gasteiger charge is -2.06. The number of amides is 1. The van der Waals surface area contributed by atoms with E-state index in [0.29, 0.717) is 25.0 Å². The molecule has 5 heteroatoms. The first-order valence-electron chi connectivity index (χ1n) is 5.33. The molecular weight excluding hydrogens is 289 g/mol. The summed E-state index contributed by atoms with van der Waals surface area (Å²) < 4.78 is 19.0. The molecule has 0 unspecified atom stereocenters. The molecule has 0 aliphatic rings. The summed E-state index contributed by atoms with van der Waals surface area (Å²) in [5, 5.41) is 2.67. The zero-order chi connectivity index (χ0) is 12.7. The first-order valence-corrected chi connectivity index (χ1v) is 6.12. The Kier molecular flexibility index (Phi) is 6.15. The molecule has 0 heterocycles. The van der Waals surface area contributed by atoms with E-state index in [2.05, 4.69) is 21.2 Å². The van der Waals surface area contributed by atoms with Crippen LogP contribution < -0.4 is 5.32 Å². The number of rotatable bonds is 6. The molecule has 0 aliphatic carbocycles. The van der Waals surface area contributed by atoms with Crippen molar-refractivity contribution < 1.29 is 13.9 Å². The summed E-state index contributed by atoms with van der Waals surface area (Å²) in [6.07, 6.45) is 1.06. The standard InChI is InChI=1S/C12H15BrFNO2/c1-17-6-2-3-12(16)15-8-9-7-10(13)4-5-11(9)14/h4-5,7H,2-3,6,8H2,1H3,(H,15,16). The topological polar surface area (TPSA) is 38.3 Å². The Bertz CT molecular complexity index is 385. The zero-order valence-electron chi connectivity index (χ0n) is 9.63. The zero-order valence-corrected chi connectivity index (χ0v) is 11.2. The van der Waals surface area contributed by atoms with Gasteiger partial charge >= 0.3 is 0 Å². The van der Waals surface area contributed by atoms with Gasteiger partial charge in [0, 0.05) is 36.7 Å². The molecule has 0 aliphatic heterocycles. The van der Waals surface area contributed by atoms with Crippen molar-refractivity contribution in [2.45, 2.75) is 19.4 Å². The first-order chi connectivity index (χ1) is 8.13. The highest BCUT2D eigenvalue weighted by Gasteiger charge is 2.05. The number of methoxy groups -OCH3 is 1. The monoisotopic (exact) mass is 303 g/mol. The van der Waals surface area contributed by atoms with Crippen LogP contribution in [0.3, 0.4) is 0 Å². The van der Waals surface area contributed by atoms with Crippen LogP contribution in [-0.2, 0) is 16.1 Å². The van der Waals surface area contributed by atoms with Crippen LogP contribution >= 0.6 is 15.9 Å². The summed E-state index contributed by atoms with van der Waals surface area (Å²) in [5.74, 6) is -0.410. The average Bonchev–Trinajstić information content (AvgIpc) is 2.31. The van der Waals surface area contributed by atoms with E-state index in [1.165, 1.54) is 6.07 Å². The summed E-state index contributed by atoms with van der Waals surface area (Å²) >= 11 is 3.26. The van der Waals surface area contributed by atoms with Crippen LogP contribution in [0, 0.1) is 5.82 Å². The predicted molar refractivity (Wildman–Crippen MR) is 67.1 cm³/mol. The maximum Gasteiger partial charge on any atom is 0.220 e. The third kappa shape index (κ3) is 5.28. The van der Waals surface area contributed by atoms with Crippen molar-refractivity contribution >= 4 is 21.8 Å². The quantitative estimate of drug-likeness (QED) is 0.821. The molecule has 17 heavy (non-hydrogen) atoms. The molecule has 0 saturated carbocycles. The number of hydrogen-bond donors (Lipinski definition) is 1. The lowest BCUT2D eigenvalue weighted by Crippen LogP contribution is -2.23. The number of carbonyl (C=O) groups excluding carboxylic acids is 1. The summed E-state index contributed by atoms with van der Waals surface area (Å²) in [6.45, 7) is 0.760. The van der Waals surface area contributed by atoms with E-state index in [0.717, 1.165) is 4.47 Å². The Balaban J connectivity index is 2.39. The molecule has 0 spiro atoms. The van der Waals surface area contributed by atoms with Gasteiger partial charge in [-0.25, -0.2) is 4.39 Å². The van der Waals surface area contributed by atoms with Crippen LogP contribution in [0.4, 0.5) is 4.39 Å². The fraction of sp³-hybridized carbons (Fsp3) is 0.417. The minimum Gasteiger partial charge on any atom is -0.385 e. The lowest BCUT2D eigenvalue weighted by molar-refractivity contribution is -0.121. The van der Waals surface area contributed by atoms with Crippen LogP contribution in [0.15, 0.2) is 22.7 Å². The Morgan fingerprint density at radius 3 is 3.00 bits per heavy atom. The maximum atomic E-state index is 13.3. The molecule has 1 aromatic rings. The number of carbonyl (C=O) groups is 1. The van der Waals surface area contributed by atoms with Crippen molar-refractivity contribution in [2.24, 2.45) is 0 Å². The molecule has 1 rings (SSSR count). The summed E-state index contributed by atoms with van der Waals surface area (Å²) in [4.78, 5) is 11.4. The van der Waals surface area contributed by atoms with Gasteiger partial charge in [0.05, 0.1) is 0 Å². The van der Waals surface area contributed by atoms with Gasteiger partial charge in [0.15, 0.2) is 0 Å². The van der Waals surface area contributed by atoms with Gasteiger partial charge in [-0.05, 0) is 24.6 Å². The fourth-order valence-electron chi connectivity index (χ4n) is 1.34. The van der Waals surface area contributed by atoms with Crippen LogP contribution in [0.5, 0.6) is 0 Å². The third-order valence-electron chi connectivity index (χ3n) is 2.24. The van der Waals surface area contributed by atoms with Crippen molar-refractivity contribution in [3.63, 3.8) is 0 Å². The van der Waals surface area contributed by atoms with Crippen molar-refractivity contribution in [1.82, 2.24) is 5.32 Å². The minimum atomic E-state index is -0.314. The first kappa shape index (κ1) is 14.1. The van der Waals surface area contributed by atoms with Gasteiger partial charge < -0.3 is 10.1 Å². The minimum absolute atomic E-state index is 0.0959. The normalized spacial score (nSPS) is 10.3. The molecule has 1 aromatic carbocycles. The largest absolute Gasteiger partial charge is 0.385 e. The molecule has 1 N–H and O–H groups in total. The van der Waals surface area contributed by atoms with E-state index in [-0.39, 0.29) is 18.3 Å². The molecule has 1 amide bonds. The third-order valence-corrected chi connectivity index (χ3v) is 2.73. The molecule has 94 valence electrons. The van der Waals surface area contributed by atoms with E-state index < -0.39 is 0 Å². The van der Waals surface area contributed by atoms with Gasteiger partial charge in [0.25, 0.3) is 0 Å². The van der Waals surface area contributed by atoms with Crippen LogP contribution in [0.1, 0.15) is 18.4 Å². The second kappa shape index (κ2) is 7.40. The number of nitrogens with one attached hydrogen (secondary N) is 1. The van der Waals surface area contributed by atoms with Crippen LogP contribution in [-0.4, -0.2) is 19.6 Å². The lowest BCUT2D eigenvalue weighted by atomic mass is 10.2. The van der Waals surface area contributed by atoms with E-state index in [1.54, 1.807) is 19.2 Å². The van der Waals surface area contributed by atoms with Crippen molar-refractivity contribution in [3.05, 3.63) is 34.1 Å². The Morgan fingerprint density at radius 2 is 2.29 bits per heavy atom.